The van der Waals surface area contributed by atoms with E-state index in [1.807, 2.05) is 13.8 Å². The lowest BCUT2D eigenvalue weighted by Gasteiger charge is -2.24. The lowest BCUT2D eigenvalue weighted by atomic mass is 9.88. The Morgan fingerprint density at radius 2 is 1.88 bits per heavy atom. The molecule has 1 heterocycles. The molecule has 0 bridgehead atoms. The van der Waals surface area contributed by atoms with Crippen molar-refractivity contribution in [3.63, 3.8) is 0 Å². The number of nitrogens with zero attached hydrogens (tertiary/aromatic N) is 3. The second-order valence-corrected chi connectivity index (χ2v) is 5.49. The number of nitrogens with one attached hydrogen (secondary N) is 1. The maximum Gasteiger partial charge on any atom is 0.242 e. The van der Waals surface area contributed by atoms with E-state index >= 15 is 0 Å². The lowest BCUT2D eigenvalue weighted by Crippen LogP contribution is -2.24. The van der Waals surface area contributed by atoms with Gasteiger partial charge in [-0.3, -0.25) is 0 Å². The first kappa shape index (κ1) is 14.2. The maximum absolute atomic E-state index is 5.71. The van der Waals surface area contributed by atoms with Crippen LogP contribution in [0.4, 0.5) is 5.95 Å². The first-order valence-electron chi connectivity index (χ1n) is 5.92. The van der Waals surface area contributed by atoms with Gasteiger partial charge in [0.15, 0.2) is 0 Å². The van der Waals surface area contributed by atoms with E-state index in [1.165, 1.54) is 0 Å². The third kappa shape index (κ3) is 4.86. The van der Waals surface area contributed by atoms with Gasteiger partial charge in [-0.1, -0.05) is 13.8 Å². The van der Waals surface area contributed by atoms with E-state index in [0.717, 1.165) is 30.8 Å². The van der Waals surface area contributed by atoms with E-state index in [9.17, 15) is 0 Å². The Balaban J connectivity index is 2.51. The molecule has 0 aromatic carbocycles. The molecule has 17 heavy (non-hydrogen) atoms. The number of hydrogen-bond donors (Lipinski definition) is 1. The normalized spacial score (nSPS) is 11.6. The third-order valence-corrected chi connectivity index (χ3v) is 3.07. The minimum atomic E-state index is 0.192. The van der Waals surface area contributed by atoms with E-state index in [1.54, 1.807) is 0 Å². The fraction of sp³-hybridized carbons (Fsp3) is 0.750. The quantitative estimate of drug-likeness (QED) is 0.795. The van der Waals surface area contributed by atoms with E-state index in [-0.39, 0.29) is 5.41 Å². The summed E-state index contributed by atoms with van der Waals surface area (Å²) in [5, 5.41) is 11.3. The molecule has 0 unspecified atom stereocenters. The molecule has 0 spiro atoms. The van der Waals surface area contributed by atoms with E-state index < -0.39 is 0 Å². The van der Waals surface area contributed by atoms with Gasteiger partial charge in [0.05, 0.1) is 11.4 Å². The number of anilines is 1. The Hall–Kier alpha value is -0.900. The van der Waals surface area contributed by atoms with E-state index in [0.29, 0.717) is 11.8 Å². The Morgan fingerprint density at radius 3 is 2.47 bits per heavy atom. The van der Waals surface area contributed by atoms with Crippen LogP contribution in [0.2, 0.25) is 0 Å². The van der Waals surface area contributed by atoms with Crippen LogP contribution in [0, 0.1) is 19.3 Å². The summed E-state index contributed by atoms with van der Waals surface area (Å²) in [4.78, 5) is 4.35. The van der Waals surface area contributed by atoms with Crippen LogP contribution < -0.4 is 5.32 Å². The van der Waals surface area contributed by atoms with Crippen LogP contribution in [0.5, 0.6) is 0 Å². The first-order chi connectivity index (χ1) is 7.94. The summed E-state index contributed by atoms with van der Waals surface area (Å²) < 4.78 is 0. The van der Waals surface area contributed by atoms with Crippen LogP contribution in [-0.2, 0) is 0 Å². The van der Waals surface area contributed by atoms with Gasteiger partial charge in [0.1, 0.15) is 0 Å². The molecule has 0 saturated heterocycles. The molecule has 1 rings (SSSR count). The molecule has 96 valence electrons. The minimum absolute atomic E-state index is 0.192. The highest BCUT2D eigenvalue weighted by Crippen LogP contribution is 2.22. The minimum Gasteiger partial charge on any atom is -0.352 e. The van der Waals surface area contributed by atoms with Gasteiger partial charge >= 0.3 is 0 Å². The van der Waals surface area contributed by atoms with Crippen molar-refractivity contribution in [3.05, 3.63) is 11.4 Å². The summed E-state index contributed by atoms with van der Waals surface area (Å²) in [6, 6.07) is 0. The van der Waals surface area contributed by atoms with Crippen LogP contribution in [0.1, 0.15) is 38.1 Å². The van der Waals surface area contributed by atoms with Gasteiger partial charge in [0, 0.05) is 12.4 Å². The zero-order valence-electron chi connectivity index (χ0n) is 11.0. The summed E-state index contributed by atoms with van der Waals surface area (Å²) in [6.07, 6.45) is 2.12. The highest BCUT2D eigenvalue weighted by molar-refractivity contribution is 6.17. The molecule has 0 aliphatic carbocycles. The second kappa shape index (κ2) is 6.15. The van der Waals surface area contributed by atoms with Crippen LogP contribution in [0.3, 0.4) is 0 Å². The van der Waals surface area contributed by atoms with E-state index in [4.69, 9.17) is 11.6 Å². The Bertz CT molecular complexity index is 366. The summed E-state index contributed by atoms with van der Waals surface area (Å²) in [5.74, 6) is 1.32. The monoisotopic (exact) mass is 256 g/mol. The van der Waals surface area contributed by atoms with Crippen molar-refractivity contribution in [3.8, 4) is 0 Å². The number of aryl methyl sites for hydroxylation is 2. The van der Waals surface area contributed by atoms with Gasteiger partial charge < -0.3 is 5.32 Å². The number of aromatic nitrogens is 3. The first-order valence-corrected chi connectivity index (χ1v) is 6.46. The molecule has 0 fully saturated rings. The van der Waals surface area contributed by atoms with E-state index in [2.05, 4.69) is 34.3 Å². The predicted molar refractivity (Wildman–Crippen MR) is 71.5 cm³/mol. The highest BCUT2D eigenvalue weighted by Gasteiger charge is 2.17. The van der Waals surface area contributed by atoms with Gasteiger partial charge in [0.2, 0.25) is 5.95 Å². The van der Waals surface area contributed by atoms with Crippen LogP contribution in [0.15, 0.2) is 0 Å². The second-order valence-electron chi connectivity index (χ2n) is 5.12. The van der Waals surface area contributed by atoms with Crippen molar-refractivity contribution in [2.45, 2.75) is 40.5 Å². The molecule has 1 aromatic heterocycles. The molecule has 0 aliphatic rings. The fourth-order valence-corrected chi connectivity index (χ4v) is 1.62. The van der Waals surface area contributed by atoms with Crippen LogP contribution in [-0.4, -0.2) is 27.6 Å². The van der Waals surface area contributed by atoms with Gasteiger partial charge in [-0.2, -0.15) is 5.10 Å². The molecule has 0 radical (unpaired) electrons. The standard InChI is InChI=1S/C12H21ClN4/c1-9-10(2)16-17-11(15-9)14-8-12(3,4)6-5-7-13/h5-8H2,1-4H3,(H,14,15,17). The van der Waals surface area contributed by atoms with Crippen molar-refractivity contribution in [1.29, 1.82) is 0 Å². The van der Waals surface area contributed by atoms with Crippen molar-refractivity contribution in [2.75, 3.05) is 17.7 Å². The van der Waals surface area contributed by atoms with Crippen molar-refractivity contribution >= 4 is 17.5 Å². The largest absolute Gasteiger partial charge is 0.352 e. The zero-order chi connectivity index (χ0) is 12.9. The number of rotatable bonds is 6. The molecule has 4 nitrogen and oxygen atoms in total. The van der Waals surface area contributed by atoms with Gasteiger partial charge in [-0.25, -0.2) is 4.98 Å². The van der Waals surface area contributed by atoms with Crippen LogP contribution >= 0.6 is 11.6 Å². The number of alkyl halides is 1. The summed E-state index contributed by atoms with van der Waals surface area (Å²) in [7, 11) is 0. The molecule has 5 heteroatoms. The molecule has 1 N–H and O–H groups in total. The third-order valence-electron chi connectivity index (χ3n) is 2.80. The molecule has 1 aromatic rings. The lowest BCUT2D eigenvalue weighted by molar-refractivity contribution is 0.354. The van der Waals surface area contributed by atoms with Crippen molar-refractivity contribution in [2.24, 2.45) is 5.41 Å². The Labute approximate surface area is 108 Å². The number of halogens is 1. The SMILES string of the molecule is Cc1nnc(NCC(C)(C)CCCCl)nc1C. The van der Waals surface area contributed by atoms with Gasteiger partial charge in [0.25, 0.3) is 0 Å². The topological polar surface area (TPSA) is 50.7 Å². The Morgan fingerprint density at radius 1 is 1.18 bits per heavy atom. The van der Waals surface area contributed by atoms with Crippen molar-refractivity contribution < 1.29 is 0 Å². The van der Waals surface area contributed by atoms with Crippen LogP contribution in [0.25, 0.3) is 0 Å². The molecule has 0 amide bonds. The number of hydrogen-bond acceptors (Lipinski definition) is 4. The smallest absolute Gasteiger partial charge is 0.242 e. The highest BCUT2D eigenvalue weighted by atomic mass is 35.5. The molecule has 0 aliphatic heterocycles. The average molecular weight is 257 g/mol. The Kier molecular flexibility index (Phi) is 5.12. The van der Waals surface area contributed by atoms with Gasteiger partial charge in [-0.15, -0.1) is 16.7 Å². The maximum atomic E-state index is 5.71. The molecule has 0 atom stereocenters. The zero-order valence-corrected chi connectivity index (χ0v) is 11.8. The summed E-state index contributed by atoms with van der Waals surface area (Å²) in [6.45, 7) is 9.09. The summed E-state index contributed by atoms with van der Waals surface area (Å²) in [5.41, 5.74) is 1.98. The van der Waals surface area contributed by atoms with Crippen molar-refractivity contribution in [1.82, 2.24) is 15.2 Å². The molecular formula is C12H21ClN4. The summed E-state index contributed by atoms with van der Waals surface area (Å²) >= 11 is 5.71. The predicted octanol–water partition coefficient (Wildman–Crippen LogP) is 2.95. The molecule has 0 saturated carbocycles. The molecular weight excluding hydrogens is 236 g/mol. The average Bonchev–Trinajstić information content (AvgIpc) is 2.28. The van der Waals surface area contributed by atoms with Gasteiger partial charge in [-0.05, 0) is 32.1 Å². The fourth-order valence-electron chi connectivity index (χ4n) is 1.48.